The Morgan fingerprint density at radius 2 is 2.24 bits per heavy atom. The molecule has 0 radical (unpaired) electrons. The van der Waals surface area contributed by atoms with E-state index >= 15 is 0 Å². The predicted molar refractivity (Wildman–Crippen MR) is 67.0 cm³/mol. The Kier molecular flexibility index (Phi) is 2.63. The molecule has 1 aliphatic heterocycles. The van der Waals surface area contributed by atoms with Gasteiger partial charge in [-0.05, 0) is 49.4 Å². The van der Waals surface area contributed by atoms with Crippen molar-refractivity contribution in [2.75, 3.05) is 6.54 Å². The average molecular weight is 230 g/mol. The molecule has 3 rings (SSSR count). The summed E-state index contributed by atoms with van der Waals surface area (Å²) in [6.07, 6.45) is 4.60. The summed E-state index contributed by atoms with van der Waals surface area (Å²) < 4.78 is 0. The first-order valence-electron chi connectivity index (χ1n) is 6.42. The molecule has 2 aliphatic rings. The van der Waals surface area contributed by atoms with Gasteiger partial charge in [0.05, 0.1) is 0 Å². The molecule has 1 fully saturated rings. The molecule has 0 bridgehead atoms. The van der Waals surface area contributed by atoms with E-state index in [0.29, 0.717) is 12.0 Å². The number of hydrogen-bond acceptors (Lipinski definition) is 2. The number of amides is 1. The lowest BCUT2D eigenvalue weighted by Gasteiger charge is -2.38. The van der Waals surface area contributed by atoms with Crippen molar-refractivity contribution in [2.45, 2.75) is 37.6 Å². The molecule has 3 N–H and O–H groups in total. The number of piperidine rings is 1. The highest BCUT2D eigenvalue weighted by atomic mass is 16.1. The van der Waals surface area contributed by atoms with Gasteiger partial charge in [0.1, 0.15) is 0 Å². The van der Waals surface area contributed by atoms with E-state index in [0.717, 1.165) is 18.5 Å². The van der Waals surface area contributed by atoms with E-state index in [9.17, 15) is 4.79 Å². The maximum absolute atomic E-state index is 11.5. The predicted octanol–water partition coefficient (Wildman–Crippen LogP) is 1.57. The molecule has 90 valence electrons. The van der Waals surface area contributed by atoms with Crippen molar-refractivity contribution in [1.29, 1.82) is 0 Å². The Labute approximate surface area is 101 Å². The minimum Gasteiger partial charge on any atom is -0.366 e. The largest absolute Gasteiger partial charge is 0.366 e. The molecular weight excluding hydrogens is 212 g/mol. The highest BCUT2D eigenvalue weighted by Gasteiger charge is 2.33. The van der Waals surface area contributed by atoms with Crippen LogP contribution < -0.4 is 11.1 Å². The molecule has 1 aromatic carbocycles. The van der Waals surface area contributed by atoms with Gasteiger partial charge in [0.25, 0.3) is 0 Å². The van der Waals surface area contributed by atoms with Crippen molar-refractivity contribution in [3.05, 3.63) is 34.9 Å². The normalized spacial score (nSPS) is 27.1. The molecule has 17 heavy (non-hydrogen) atoms. The van der Waals surface area contributed by atoms with Gasteiger partial charge in [-0.25, -0.2) is 0 Å². The van der Waals surface area contributed by atoms with E-state index in [2.05, 4.69) is 11.4 Å². The van der Waals surface area contributed by atoms with E-state index in [1.54, 1.807) is 0 Å². The summed E-state index contributed by atoms with van der Waals surface area (Å²) in [7, 11) is 0. The molecule has 3 nitrogen and oxygen atoms in total. The van der Waals surface area contributed by atoms with Crippen molar-refractivity contribution < 1.29 is 4.79 Å². The number of carbonyl (C=O) groups excluding carboxylic acids is 1. The van der Waals surface area contributed by atoms with Crippen LogP contribution in [-0.4, -0.2) is 18.5 Å². The first-order chi connectivity index (χ1) is 8.27. The lowest BCUT2D eigenvalue weighted by atomic mass is 9.73. The highest BCUT2D eigenvalue weighted by Crippen LogP contribution is 2.38. The second kappa shape index (κ2) is 4.15. The molecule has 0 saturated carbocycles. The van der Waals surface area contributed by atoms with E-state index in [4.69, 9.17) is 5.73 Å². The minimum absolute atomic E-state index is 0.284. The Bertz CT molecular complexity index is 456. The monoisotopic (exact) mass is 230 g/mol. The zero-order valence-corrected chi connectivity index (χ0v) is 9.91. The van der Waals surface area contributed by atoms with Gasteiger partial charge in [0, 0.05) is 17.5 Å². The summed E-state index contributed by atoms with van der Waals surface area (Å²) in [6.45, 7) is 1.11. The van der Waals surface area contributed by atoms with Gasteiger partial charge in [0.15, 0.2) is 0 Å². The Hall–Kier alpha value is -1.35. The van der Waals surface area contributed by atoms with Crippen LogP contribution in [0.1, 0.15) is 46.7 Å². The number of carbonyl (C=O) groups is 1. The van der Waals surface area contributed by atoms with Crippen LogP contribution in [0.4, 0.5) is 0 Å². The maximum Gasteiger partial charge on any atom is 0.248 e. The van der Waals surface area contributed by atoms with E-state index in [1.165, 1.54) is 30.4 Å². The van der Waals surface area contributed by atoms with Gasteiger partial charge in [0.2, 0.25) is 5.91 Å². The third-order valence-electron chi connectivity index (χ3n) is 4.14. The van der Waals surface area contributed by atoms with Crippen molar-refractivity contribution in [3.63, 3.8) is 0 Å². The van der Waals surface area contributed by atoms with Crippen LogP contribution in [0.15, 0.2) is 18.2 Å². The number of nitrogens with two attached hydrogens (primary N) is 1. The Morgan fingerprint density at radius 3 is 3.06 bits per heavy atom. The van der Waals surface area contributed by atoms with Gasteiger partial charge in [-0.3, -0.25) is 4.79 Å². The summed E-state index contributed by atoms with van der Waals surface area (Å²) in [4.78, 5) is 11.5. The van der Waals surface area contributed by atoms with Gasteiger partial charge < -0.3 is 11.1 Å². The Morgan fingerprint density at radius 1 is 1.35 bits per heavy atom. The number of fused-ring (bicyclic) bond motifs is 3. The molecule has 2 unspecified atom stereocenters. The van der Waals surface area contributed by atoms with E-state index in [-0.39, 0.29) is 5.91 Å². The van der Waals surface area contributed by atoms with Crippen LogP contribution in [0, 0.1) is 0 Å². The first-order valence-corrected chi connectivity index (χ1v) is 6.42. The zero-order valence-electron chi connectivity index (χ0n) is 9.91. The molecule has 0 spiro atoms. The number of benzene rings is 1. The molecule has 1 aliphatic carbocycles. The summed E-state index contributed by atoms with van der Waals surface area (Å²) >= 11 is 0. The molecule has 3 heteroatoms. The Balaban J connectivity index is 2.09. The third-order valence-corrected chi connectivity index (χ3v) is 4.14. The topological polar surface area (TPSA) is 55.1 Å². The number of aryl methyl sites for hydroxylation is 1. The van der Waals surface area contributed by atoms with Crippen molar-refractivity contribution >= 4 is 5.91 Å². The number of primary amides is 1. The quantitative estimate of drug-likeness (QED) is 0.769. The fourth-order valence-corrected chi connectivity index (χ4v) is 3.40. The van der Waals surface area contributed by atoms with E-state index in [1.807, 2.05) is 12.1 Å². The van der Waals surface area contributed by atoms with Crippen LogP contribution in [0.5, 0.6) is 0 Å². The van der Waals surface area contributed by atoms with Gasteiger partial charge >= 0.3 is 0 Å². The van der Waals surface area contributed by atoms with Gasteiger partial charge in [-0.2, -0.15) is 0 Å². The lowest BCUT2D eigenvalue weighted by molar-refractivity contribution is 0.0998. The van der Waals surface area contributed by atoms with Crippen LogP contribution in [0.2, 0.25) is 0 Å². The number of nitrogens with one attached hydrogen (secondary N) is 1. The molecular formula is C14H18N2O. The average Bonchev–Trinajstić information content (AvgIpc) is 2.37. The second-order valence-electron chi connectivity index (χ2n) is 5.09. The van der Waals surface area contributed by atoms with Crippen LogP contribution in [-0.2, 0) is 6.42 Å². The number of hydrogen-bond donors (Lipinski definition) is 2. The second-order valence-corrected chi connectivity index (χ2v) is 5.09. The van der Waals surface area contributed by atoms with Crippen LogP contribution in [0.25, 0.3) is 0 Å². The standard InChI is InChI=1S/C14H18N2O/c15-14(17)11-4-1-3-9-6-7-12-10(13(9)11)5-2-8-16-12/h1,3-4,10,12,16H,2,5-8H2,(H2,15,17). The molecule has 1 saturated heterocycles. The smallest absolute Gasteiger partial charge is 0.248 e. The summed E-state index contributed by atoms with van der Waals surface area (Å²) in [5.74, 6) is 0.198. The summed E-state index contributed by atoms with van der Waals surface area (Å²) in [5.41, 5.74) is 8.79. The molecule has 1 amide bonds. The summed E-state index contributed by atoms with van der Waals surface area (Å²) in [6, 6.07) is 6.51. The van der Waals surface area contributed by atoms with Crippen LogP contribution in [0.3, 0.4) is 0 Å². The van der Waals surface area contributed by atoms with Gasteiger partial charge in [-0.1, -0.05) is 12.1 Å². The molecule has 0 aromatic heterocycles. The van der Waals surface area contributed by atoms with E-state index < -0.39 is 0 Å². The van der Waals surface area contributed by atoms with Crippen molar-refractivity contribution in [2.24, 2.45) is 5.73 Å². The summed E-state index contributed by atoms with van der Waals surface area (Å²) in [5, 5.41) is 3.58. The fourth-order valence-electron chi connectivity index (χ4n) is 3.40. The highest BCUT2D eigenvalue weighted by molar-refractivity contribution is 5.95. The molecule has 2 atom stereocenters. The molecule has 1 heterocycles. The van der Waals surface area contributed by atoms with Crippen LogP contribution >= 0.6 is 0 Å². The molecule has 1 aromatic rings. The van der Waals surface area contributed by atoms with Crippen molar-refractivity contribution in [3.8, 4) is 0 Å². The van der Waals surface area contributed by atoms with Crippen molar-refractivity contribution in [1.82, 2.24) is 5.32 Å². The minimum atomic E-state index is -0.284. The fraction of sp³-hybridized carbons (Fsp3) is 0.500. The zero-order chi connectivity index (χ0) is 11.8. The lowest BCUT2D eigenvalue weighted by Crippen LogP contribution is -2.43. The first kappa shape index (κ1) is 10.8. The van der Waals surface area contributed by atoms with Gasteiger partial charge in [-0.15, -0.1) is 0 Å². The third kappa shape index (κ3) is 1.75. The number of rotatable bonds is 1. The SMILES string of the molecule is NC(=O)c1cccc2c1C1CCCNC1CC2. The maximum atomic E-state index is 11.5.